The van der Waals surface area contributed by atoms with E-state index in [0.717, 1.165) is 46.3 Å². The summed E-state index contributed by atoms with van der Waals surface area (Å²) in [6.45, 7) is 4.92. The van der Waals surface area contributed by atoms with Crippen molar-refractivity contribution in [2.45, 2.75) is 33.1 Å². The molecule has 2 aromatic rings. The fraction of sp³-hybridized carbons (Fsp3) is 0.444. The van der Waals surface area contributed by atoms with Crippen LogP contribution in [-0.4, -0.2) is 36.5 Å². The number of hydrogen-bond acceptors (Lipinski definition) is 4. The number of aryl methyl sites for hydroxylation is 1. The van der Waals surface area contributed by atoms with Crippen LogP contribution in [0.3, 0.4) is 0 Å². The molecule has 0 saturated heterocycles. The van der Waals surface area contributed by atoms with Crippen LogP contribution in [0.1, 0.15) is 30.3 Å². The van der Waals surface area contributed by atoms with Crippen LogP contribution < -0.4 is 4.74 Å². The van der Waals surface area contributed by atoms with Crippen LogP contribution in [0.2, 0.25) is 0 Å². The van der Waals surface area contributed by atoms with Crippen LogP contribution >= 0.6 is 11.3 Å². The first kappa shape index (κ1) is 17.5. The number of rotatable bonds is 7. The molecular weight excluding hydrogens is 308 g/mol. The van der Waals surface area contributed by atoms with E-state index in [4.69, 9.17) is 4.74 Å². The molecule has 4 nitrogen and oxygen atoms in total. The molecule has 23 heavy (non-hydrogen) atoms. The summed E-state index contributed by atoms with van der Waals surface area (Å²) in [6.07, 6.45) is 2.57. The third kappa shape index (κ3) is 4.55. The summed E-state index contributed by atoms with van der Waals surface area (Å²) in [5.41, 5.74) is 2.00. The standard InChI is InChI=1S/C18H24N2O2S/c1-5-6-11-20(3)17(21)12-16-13(2)19-18(23-16)14-7-9-15(22-4)10-8-14/h7-10H,5-6,11-12H2,1-4H3. The number of benzene rings is 1. The average molecular weight is 332 g/mol. The van der Waals surface area contributed by atoms with E-state index >= 15 is 0 Å². The predicted octanol–water partition coefficient (Wildman–Crippen LogP) is 3.93. The molecule has 1 amide bonds. The third-order valence-corrected chi connectivity index (χ3v) is 5.02. The van der Waals surface area contributed by atoms with E-state index in [-0.39, 0.29) is 5.91 Å². The second kappa shape index (κ2) is 8.11. The van der Waals surface area contributed by atoms with Crippen molar-refractivity contribution in [2.24, 2.45) is 0 Å². The second-order valence-electron chi connectivity index (χ2n) is 5.60. The van der Waals surface area contributed by atoms with Crippen molar-refractivity contribution in [2.75, 3.05) is 20.7 Å². The first-order valence-electron chi connectivity index (χ1n) is 7.89. The number of carbonyl (C=O) groups excluding carboxylic acids is 1. The summed E-state index contributed by atoms with van der Waals surface area (Å²) in [7, 11) is 3.53. The van der Waals surface area contributed by atoms with E-state index in [1.54, 1.807) is 18.4 Å². The molecule has 0 aliphatic carbocycles. The van der Waals surface area contributed by atoms with Gasteiger partial charge in [-0.3, -0.25) is 4.79 Å². The molecule has 0 atom stereocenters. The lowest BCUT2D eigenvalue weighted by molar-refractivity contribution is -0.129. The Hall–Kier alpha value is -1.88. The van der Waals surface area contributed by atoms with Crippen molar-refractivity contribution < 1.29 is 9.53 Å². The highest BCUT2D eigenvalue weighted by Crippen LogP contribution is 2.29. The van der Waals surface area contributed by atoms with E-state index in [2.05, 4.69) is 11.9 Å². The number of methoxy groups -OCH3 is 1. The molecule has 0 bridgehead atoms. The van der Waals surface area contributed by atoms with Crippen LogP contribution in [0.5, 0.6) is 5.75 Å². The molecule has 5 heteroatoms. The zero-order valence-corrected chi connectivity index (χ0v) is 15.1. The fourth-order valence-electron chi connectivity index (χ4n) is 2.24. The Balaban J connectivity index is 2.09. The van der Waals surface area contributed by atoms with Crippen LogP contribution in [0.4, 0.5) is 0 Å². The number of unbranched alkanes of at least 4 members (excludes halogenated alkanes) is 1. The minimum atomic E-state index is 0.159. The molecule has 2 rings (SSSR count). The normalized spacial score (nSPS) is 10.6. The lowest BCUT2D eigenvalue weighted by Gasteiger charge is -2.16. The number of carbonyl (C=O) groups is 1. The van der Waals surface area contributed by atoms with Gasteiger partial charge in [0.25, 0.3) is 0 Å². The van der Waals surface area contributed by atoms with Crippen molar-refractivity contribution >= 4 is 17.2 Å². The Morgan fingerprint density at radius 3 is 2.61 bits per heavy atom. The minimum absolute atomic E-state index is 0.159. The van der Waals surface area contributed by atoms with Crippen molar-refractivity contribution in [3.05, 3.63) is 34.8 Å². The largest absolute Gasteiger partial charge is 0.497 e. The highest BCUT2D eigenvalue weighted by molar-refractivity contribution is 7.15. The number of amides is 1. The van der Waals surface area contributed by atoms with E-state index in [1.807, 2.05) is 43.1 Å². The molecule has 1 aromatic heterocycles. The van der Waals surface area contributed by atoms with Gasteiger partial charge < -0.3 is 9.64 Å². The van der Waals surface area contributed by atoms with Gasteiger partial charge in [0.05, 0.1) is 19.2 Å². The summed E-state index contributed by atoms with van der Waals surface area (Å²) >= 11 is 1.60. The fourth-order valence-corrected chi connectivity index (χ4v) is 3.30. The molecule has 0 aliphatic rings. The molecule has 0 N–H and O–H groups in total. The number of aromatic nitrogens is 1. The number of nitrogens with zero attached hydrogens (tertiary/aromatic N) is 2. The lowest BCUT2D eigenvalue weighted by atomic mass is 10.2. The van der Waals surface area contributed by atoms with Gasteiger partial charge >= 0.3 is 0 Å². The molecule has 0 radical (unpaired) electrons. The Labute approximate surface area is 142 Å². The van der Waals surface area contributed by atoms with E-state index in [0.29, 0.717) is 6.42 Å². The molecule has 0 saturated carbocycles. The van der Waals surface area contributed by atoms with Crippen LogP contribution in [-0.2, 0) is 11.2 Å². The minimum Gasteiger partial charge on any atom is -0.497 e. The van der Waals surface area contributed by atoms with Gasteiger partial charge in [0.1, 0.15) is 10.8 Å². The SMILES string of the molecule is CCCCN(C)C(=O)Cc1sc(-c2ccc(OC)cc2)nc1C. The monoisotopic (exact) mass is 332 g/mol. The van der Waals surface area contributed by atoms with E-state index in [1.165, 1.54) is 0 Å². The van der Waals surface area contributed by atoms with E-state index in [9.17, 15) is 4.79 Å². The Morgan fingerprint density at radius 1 is 1.30 bits per heavy atom. The Bertz CT molecular complexity index is 650. The van der Waals surface area contributed by atoms with Gasteiger partial charge in [0.2, 0.25) is 5.91 Å². The summed E-state index contributed by atoms with van der Waals surface area (Å²) in [5, 5.41) is 0.948. The van der Waals surface area contributed by atoms with Crippen molar-refractivity contribution in [1.29, 1.82) is 0 Å². The van der Waals surface area contributed by atoms with Gasteiger partial charge in [-0.1, -0.05) is 13.3 Å². The van der Waals surface area contributed by atoms with Crippen molar-refractivity contribution in [3.8, 4) is 16.3 Å². The maximum Gasteiger partial charge on any atom is 0.227 e. The van der Waals surface area contributed by atoms with Gasteiger partial charge in [-0.2, -0.15) is 0 Å². The number of hydrogen-bond donors (Lipinski definition) is 0. The molecule has 0 aliphatic heterocycles. The highest BCUT2D eigenvalue weighted by atomic mass is 32.1. The second-order valence-corrected chi connectivity index (χ2v) is 6.69. The summed E-state index contributed by atoms with van der Waals surface area (Å²) in [6, 6.07) is 7.84. The first-order chi connectivity index (χ1) is 11.0. The zero-order chi connectivity index (χ0) is 16.8. The quantitative estimate of drug-likeness (QED) is 0.771. The number of likely N-dealkylation sites (N-methyl/N-ethyl adjacent to an activating group) is 1. The Morgan fingerprint density at radius 2 is 2.00 bits per heavy atom. The van der Waals surface area contributed by atoms with Crippen LogP contribution in [0.25, 0.3) is 10.6 Å². The number of thiazole rings is 1. The average Bonchev–Trinajstić information content (AvgIpc) is 2.93. The van der Waals surface area contributed by atoms with Gasteiger partial charge in [0, 0.05) is 24.0 Å². The molecule has 124 valence electrons. The summed E-state index contributed by atoms with van der Waals surface area (Å²) < 4.78 is 5.18. The van der Waals surface area contributed by atoms with Crippen molar-refractivity contribution in [3.63, 3.8) is 0 Å². The predicted molar refractivity (Wildman–Crippen MR) is 95.1 cm³/mol. The zero-order valence-electron chi connectivity index (χ0n) is 14.3. The van der Waals surface area contributed by atoms with Crippen molar-refractivity contribution in [1.82, 2.24) is 9.88 Å². The lowest BCUT2D eigenvalue weighted by Crippen LogP contribution is -2.29. The smallest absolute Gasteiger partial charge is 0.227 e. The topological polar surface area (TPSA) is 42.4 Å². The highest BCUT2D eigenvalue weighted by Gasteiger charge is 2.15. The van der Waals surface area contributed by atoms with Gasteiger partial charge in [-0.15, -0.1) is 11.3 Å². The van der Waals surface area contributed by atoms with Crippen LogP contribution in [0.15, 0.2) is 24.3 Å². The summed E-state index contributed by atoms with van der Waals surface area (Å²) in [5.74, 6) is 0.987. The van der Waals surface area contributed by atoms with Gasteiger partial charge in [-0.25, -0.2) is 4.98 Å². The van der Waals surface area contributed by atoms with Crippen LogP contribution in [0, 0.1) is 6.92 Å². The van der Waals surface area contributed by atoms with Gasteiger partial charge in [0.15, 0.2) is 0 Å². The molecule has 1 heterocycles. The molecular formula is C18H24N2O2S. The molecule has 0 fully saturated rings. The third-order valence-electron chi connectivity index (χ3n) is 3.81. The van der Waals surface area contributed by atoms with Gasteiger partial charge in [-0.05, 0) is 37.6 Å². The summed E-state index contributed by atoms with van der Waals surface area (Å²) in [4.78, 5) is 19.8. The molecule has 1 aromatic carbocycles. The maximum atomic E-state index is 12.3. The Kier molecular flexibility index (Phi) is 6.16. The maximum absolute atomic E-state index is 12.3. The molecule has 0 unspecified atom stereocenters. The van der Waals surface area contributed by atoms with E-state index < -0.39 is 0 Å². The molecule has 0 spiro atoms. The first-order valence-corrected chi connectivity index (χ1v) is 8.71. The number of ether oxygens (including phenoxy) is 1.